The molecule has 0 radical (unpaired) electrons. The van der Waals surface area contributed by atoms with Crippen molar-refractivity contribution in [3.63, 3.8) is 0 Å². The molecule has 0 saturated carbocycles. The van der Waals surface area contributed by atoms with Crippen molar-refractivity contribution in [1.82, 2.24) is 0 Å². The predicted molar refractivity (Wildman–Crippen MR) is 62.8 cm³/mol. The van der Waals surface area contributed by atoms with E-state index in [2.05, 4.69) is 0 Å². The highest BCUT2D eigenvalue weighted by atomic mass is 16.5. The minimum Gasteiger partial charge on any atom is -0.496 e. The molecule has 0 bridgehead atoms. The SMILES string of the molecule is CCOC(=O)Cc1ccc(C)c(C)c1OC. The molecule has 0 unspecified atom stereocenters. The second-order valence-electron chi connectivity index (χ2n) is 3.68. The number of hydrogen-bond acceptors (Lipinski definition) is 3. The van der Waals surface area contributed by atoms with E-state index in [1.165, 1.54) is 0 Å². The molecular formula is C13H18O3. The van der Waals surface area contributed by atoms with E-state index in [1.807, 2.05) is 26.0 Å². The van der Waals surface area contributed by atoms with Gasteiger partial charge in [-0.05, 0) is 31.9 Å². The van der Waals surface area contributed by atoms with Crippen molar-refractivity contribution in [3.05, 3.63) is 28.8 Å². The van der Waals surface area contributed by atoms with E-state index < -0.39 is 0 Å². The topological polar surface area (TPSA) is 35.5 Å². The Labute approximate surface area is 96.4 Å². The van der Waals surface area contributed by atoms with Gasteiger partial charge in [0.15, 0.2) is 0 Å². The van der Waals surface area contributed by atoms with Gasteiger partial charge in [0.05, 0.1) is 20.1 Å². The number of carbonyl (C=O) groups excluding carboxylic acids is 1. The van der Waals surface area contributed by atoms with Crippen LogP contribution in [0.4, 0.5) is 0 Å². The number of aryl methyl sites for hydroxylation is 1. The zero-order chi connectivity index (χ0) is 12.1. The second-order valence-corrected chi connectivity index (χ2v) is 3.68. The average Bonchev–Trinajstić information content (AvgIpc) is 2.24. The second kappa shape index (κ2) is 5.54. The molecule has 0 aliphatic carbocycles. The summed E-state index contributed by atoms with van der Waals surface area (Å²) in [5.74, 6) is 0.567. The molecule has 0 aromatic heterocycles. The fourth-order valence-electron chi connectivity index (χ4n) is 1.64. The first kappa shape index (κ1) is 12.6. The third kappa shape index (κ3) is 2.75. The summed E-state index contributed by atoms with van der Waals surface area (Å²) in [5.41, 5.74) is 3.11. The Bertz CT molecular complexity index is 383. The summed E-state index contributed by atoms with van der Waals surface area (Å²) < 4.78 is 10.2. The predicted octanol–water partition coefficient (Wildman–Crippen LogP) is 2.42. The first-order valence-corrected chi connectivity index (χ1v) is 5.38. The molecule has 0 amide bonds. The Morgan fingerprint density at radius 1 is 1.31 bits per heavy atom. The van der Waals surface area contributed by atoms with E-state index in [9.17, 15) is 4.79 Å². The molecule has 1 aromatic rings. The highest BCUT2D eigenvalue weighted by Gasteiger charge is 2.12. The zero-order valence-electron chi connectivity index (χ0n) is 10.3. The van der Waals surface area contributed by atoms with Gasteiger partial charge in [0.1, 0.15) is 5.75 Å². The summed E-state index contributed by atoms with van der Waals surface area (Å²) in [7, 11) is 1.62. The van der Waals surface area contributed by atoms with Gasteiger partial charge in [-0.1, -0.05) is 12.1 Å². The van der Waals surface area contributed by atoms with Crippen molar-refractivity contribution in [2.24, 2.45) is 0 Å². The molecule has 0 N–H and O–H groups in total. The molecule has 1 aromatic carbocycles. The van der Waals surface area contributed by atoms with Crippen molar-refractivity contribution in [3.8, 4) is 5.75 Å². The maximum absolute atomic E-state index is 11.4. The standard InChI is InChI=1S/C13H18O3/c1-5-16-12(14)8-11-7-6-9(2)10(3)13(11)15-4/h6-7H,5,8H2,1-4H3. The van der Waals surface area contributed by atoms with Crippen molar-refractivity contribution < 1.29 is 14.3 Å². The van der Waals surface area contributed by atoms with E-state index in [-0.39, 0.29) is 12.4 Å². The van der Waals surface area contributed by atoms with Gasteiger partial charge in [-0.3, -0.25) is 4.79 Å². The molecule has 3 heteroatoms. The lowest BCUT2D eigenvalue weighted by Crippen LogP contribution is -2.09. The Balaban J connectivity index is 2.96. The van der Waals surface area contributed by atoms with Gasteiger partial charge in [0.2, 0.25) is 0 Å². The number of methoxy groups -OCH3 is 1. The van der Waals surface area contributed by atoms with Crippen molar-refractivity contribution in [2.45, 2.75) is 27.2 Å². The fourth-order valence-corrected chi connectivity index (χ4v) is 1.64. The lowest BCUT2D eigenvalue weighted by molar-refractivity contribution is -0.142. The number of ether oxygens (including phenoxy) is 2. The maximum atomic E-state index is 11.4. The van der Waals surface area contributed by atoms with E-state index in [1.54, 1.807) is 14.0 Å². The third-order valence-electron chi connectivity index (χ3n) is 2.60. The highest BCUT2D eigenvalue weighted by Crippen LogP contribution is 2.26. The van der Waals surface area contributed by atoms with Gasteiger partial charge in [0, 0.05) is 5.56 Å². The molecule has 88 valence electrons. The minimum absolute atomic E-state index is 0.218. The molecule has 0 spiro atoms. The Kier molecular flexibility index (Phi) is 4.35. The first-order chi connectivity index (χ1) is 7.60. The summed E-state index contributed by atoms with van der Waals surface area (Å²) in [6, 6.07) is 3.91. The van der Waals surface area contributed by atoms with Gasteiger partial charge in [0.25, 0.3) is 0 Å². The van der Waals surface area contributed by atoms with Crippen molar-refractivity contribution >= 4 is 5.97 Å². The van der Waals surface area contributed by atoms with E-state index in [0.717, 1.165) is 22.4 Å². The average molecular weight is 222 g/mol. The van der Waals surface area contributed by atoms with Crippen LogP contribution >= 0.6 is 0 Å². The number of hydrogen-bond donors (Lipinski definition) is 0. The first-order valence-electron chi connectivity index (χ1n) is 5.38. The summed E-state index contributed by atoms with van der Waals surface area (Å²) >= 11 is 0. The molecule has 0 heterocycles. The monoisotopic (exact) mass is 222 g/mol. The van der Waals surface area contributed by atoms with Crippen LogP contribution in [0.25, 0.3) is 0 Å². The third-order valence-corrected chi connectivity index (χ3v) is 2.60. The molecule has 0 fully saturated rings. The van der Waals surface area contributed by atoms with Crippen LogP contribution in [0.15, 0.2) is 12.1 Å². The molecule has 16 heavy (non-hydrogen) atoms. The Morgan fingerprint density at radius 2 is 2.00 bits per heavy atom. The number of carbonyl (C=O) groups is 1. The van der Waals surface area contributed by atoms with Crippen LogP contribution < -0.4 is 4.74 Å². The van der Waals surface area contributed by atoms with Gasteiger partial charge in [-0.2, -0.15) is 0 Å². The van der Waals surface area contributed by atoms with Crippen LogP contribution in [-0.4, -0.2) is 19.7 Å². The van der Waals surface area contributed by atoms with E-state index in [0.29, 0.717) is 6.61 Å². The van der Waals surface area contributed by atoms with Crippen LogP contribution in [0.3, 0.4) is 0 Å². The summed E-state index contributed by atoms with van der Waals surface area (Å²) in [4.78, 5) is 11.4. The minimum atomic E-state index is -0.218. The zero-order valence-corrected chi connectivity index (χ0v) is 10.3. The quantitative estimate of drug-likeness (QED) is 0.734. The Morgan fingerprint density at radius 3 is 2.56 bits per heavy atom. The van der Waals surface area contributed by atoms with Gasteiger partial charge >= 0.3 is 5.97 Å². The van der Waals surface area contributed by atoms with Gasteiger partial charge in [-0.25, -0.2) is 0 Å². The molecule has 0 aliphatic heterocycles. The van der Waals surface area contributed by atoms with E-state index in [4.69, 9.17) is 9.47 Å². The maximum Gasteiger partial charge on any atom is 0.310 e. The molecule has 0 aliphatic rings. The largest absolute Gasteiger partial charge is 0.496 e. The molecule has 3 nitrogen and oxygen atoms in total. The summed E-state index contributed by atoms with van der Waals surface area (Å²) in [6.45, 7) is 6.22. The highest BCUT2D eigenvalue weighted by molar-refractivity contribution is 5.74. The van der Waals surface area contributed by atoms with Crippen molar-refractivity contribution in [1.29, 1.82) is 0 Å². The number of esters is 1. The summed E-state index contributed by atoms with van der Waals surface area (Å²) in [5, 5.41) is 0. The van der Waals surface area contributed by atoms with Crippen LogP contribution in [0, 0.1) is 13.8 Å². The van der Waals surface area contributed by atoms with Crippen LogP contribution in [0.5, 0.6) is 5.75 Å². The molecule has 0 saturated heterocycles. The Hall–Kier alpha value is -1.51. The normalized spacial score (nSPS) is 10.0. The lowest BCUT2D eigenvalue weighted by Gasteiger charge is -2.12. The number of benzene rings is 1. The van der Waals surface area contributed by atoms with Crippen LogP contribution in [0.1, 0.15) is 23.6 Å². The lowest BCUT2D eigenvalue weighted by atomic mass is 10.0. The van der Waals surface area contributed by atoms with Crippen LogP contribution in [0.2, 0.25) is 0 Å². The summed E-state index contributed by atoms with van der Waals surface area (Å²) in [6.07, 6.45) is 0.262. The molecular weight excluding hydrogens is 204 g/mol. The smallest absolute Gasteiger partial charge is 0.310 e. The van der Waals surface area contributed by atoms with Gasteiger partial charge < -0.3 is 9.47 Å². The molecule has 0 atom stereocenters. The molecule has 1 rings (SSSR count). The number of rotatable bonds is 4. The van der Waals surface area contributed by atoms with Crippen LogP contribution in [-0.2, 0) is 16.0 Å². The van der Waals surface area contributed by atoms with Gasteiger partial charge in [-0.15, -0.1) is 0 Å². The van der Waals surface area contributed by atoms with E-state index >= 15 is 0 Å². The fraction of sp³-hybridized carbons (Fsp3) is 0.462. The van der Waals surface area contributed by atoms with Crippen molar-refractivity contribution in [2.75, 3.05) is 13.7 Å².